The minimum atomic E-state index is -3.63. The van der Waals surface area contributed by atoms with Gasteiger partial charge in [0.05, 0.1) is 0 Å². The summed E-state index contributed by atoms with van der Waals surface area (Å²) in [6.07, 6.45) is 1.94. The Labute approximate surface area is 124 Å². The zero-order valence-corrected chi connectivity index (χ0v) is 13.2. The second kappa shape index (κ2) is 6.48. The fraction of sp³-hybridized carbons (Fsp3) is 0.333. The van der Waals surface area contributed by atoms with Gasteiger partial charge in [-0.25, -0.2) is 4.57 Å². The number of phenols is 1. The van der Waals surface area contributed by atoms with Crippen molar-refractivity contribution in [3.8, 4) is 11.5 Å². The molecule has 0 bridgehead atoms. The van der Waals surface area contributed by atoms with Crippen molar-refractivity contribution in [1.29, 1.82) is 0 Å². The van der Waals surface area contributed by atoms with Crippen molar-refractivity contribution in [2.45, 2.75) is 19.8 Å². The van der Waals surface area contributed by atoms with Gasteiger partial charge in [0.2, 0.25) is 0 Å². The summed E-state index contributed by atoms with van der Waals surface area (Å²) in [5, 5.41) is 11.3. The highest BCUT2D eigenvalue weighted by Crippen LogP contribution is 2.49. The van der Waals surface area contributed by atoms with Crippen LogP contribution in [0.1, 0.15) is 18.9 Å². The molecule has 0 atom stereocenters. The number of aromatic hydroxyl groups is 1. The molecule has 0 spiro atoms. The molecule has 0 heterocycles. The van der Waals surface area contributed by atoms with E-state index in [0.29, 0.717) is 16.5 Å². The Morgan fingerprint density at radius 2 is 1.81 bits per heavy atom. The van der Waals surface area contributed by atoms with Crippen molar-refractivity contribution in [2.24, 2.45) is 0 Å². The largest absolute Gasteiger partial charge is 0.529 e. The molecule has 0 radical (unpaired) electrons. The van der Waals surface area contributed by atoms with Gasteiger partial charge in [-0.15, -0.1) is 0 Å². The van der Waals surface area contributed by atoms with Gasteiger partial charge in [0.15, 0.2) is 0 Å². The molecule has 2 rings (SSSR count). The Kier molecular flexibility index (Phi) is 4.88. The molecule has 0 aliphatic rings. The van der Waals surface area contributed by atoms with Crippen molar-refractivity contribution in [2.75, 3.05) is 14.2 Å². The van der Waals surface area contributed by atoms with Gasteiger partial charge in [-0.3, -0.25) is 9.05 Å². The van der Waals surface area contributed by atoms with Crippen LogP contribution in [0.2, 0.25) is 0 Å². The quantitative estimate of drug-likeness (QED) is 0.807. The molecule has 114 valence electrons. The number of aryl methyl sites for hydroxylation is 1. The molecule has 0 aliphatic heterocycles. The number of fused-ring (bicyclic) bond motifs is 1. The number of phosphoric acid groups is 1. The molecule has 0 aliphatic carbocycles. The van der Waals surface area contributed by atoms with Crippen LogP contribution in [-0.2, 0) is 20.0 Å². The zero-order valence-electron chi connectivity index (χ0n) is 12.3. The molecule has 0 saturated heterocycles. The third kappa shape index (κ3) is 3.38. The number of hydrogen-bond donors (Lipinski definition) is 1. The van der Waals surface area contributed by atoms with Gasteiger partial charge in [0.25, 0.3) is 0 Å². The van der Waals surface area contributed by atoms with Crippen molar-refractivity contribution < 1.29 is 23.2 Å². The summed E-state index contributed by atoms with van der Waals surface area (Å²) in [5.41, 5.74) is 1.12. The molecule has 6 heteroatoms. The summed E-state index contributed by atoms with van der Waals surface area (Å²) in [4.78, 5) is 0. The van der Waals surface area contributed by atoms with Crippen LogP contribution in [0, 0.1) is 0 Å². The first-order valence-corrected chi connectivity index (χ1v) is 8.14. The molecule has 0 fully saturated rings. The van der Waals surface area contributed by atoms with E-state index in [9.17, 15) is 9.67 Å². The summed E-state index contributed by atoms with van der Waals surface area (Å²) >= 11 is 0. The van der Waals surface area contributed by atoms with E-state index in [1.807, 2.05) is 18.2 Å². The minimum absolute atomic E-state index is 0.153. The molecule has 2 aromatic carbocycles. The van der Waals surface area contributed by atoms with Gasteiger partial charge >= 0.3 is 7.82 Å². The monoisotopic (exact) mass is 310 g/mol. The third-order valence-electron chi connectivity index (χ3n) is 3.21. The maximum atomic E-state index is 12.1. The maximum Gasteiger partial charge on any atom is 0.529 e. The number of phenolic OH excluding ortho intramolecular Hbond substituents is 1. The zero-order chi connectivity index (χ0) is 15.5. The summed E-state index contributed by atoms with van der Waals surface area (Å²) in [7, 11) is -1.12. The van der Waals surface area contributed by atoms with Crippen molar-refractivity contribution in [1.82, 2.24) is 0 Å². The molecule has 2 aromatic rings. The molecular weight excluding hydrogens is 291 g/mol. The van der Waals surface area contributed by atoms with Gasteiger partial charge in [0, 0.05) is 25.0 Å². The molecule has 1 N–H and O–H groups in total. The summed E-state index contributed by atoms with van der Waals surface area (Å²) in [6, 6.07) is 8.75. The first-order valence-electron chi connectivity index (χ1n) is 6.68. The second-order valence-corrected chi connectivity index (χ2v) is 6.42. The van der Waals surface area contributed by atoms with E-state index < -0.39 is 7.82 Å². The lowest BCUT2D eigenvalue weighted by atomic mass is 10.0. The topological polar surface area (TPSA) is 65.0 Å². The van der Waals surface area contributed by atoms with E-state index in [2.05, 4.69) is 6.92 Å². The summed E-state index contributed by atoms with van der Waals surface area (Å²) < 4.78 is 27.0. The van der Waals surface area contributed by atoms with E-state index in [-0.39, 0.29) is 5.75 Å². The van der Waals surface area contributed by atoms with Gasteiger partial charge in [-0.05, 0) is 30.2 Å². The SMILES string of the molecule is CCCc1ccc2c(OP(=O)(OC)OC)ccc(O)c2c1. The van der Waals surface area contributed by atoms with Gasteiger partial charge < -0.3 is 9.63 Å². The first-order chi connectivity index (χ1) is 10.0. The molecule has 5 nitrogen and oxygen atoms in total. The summed E-state index contributed by atoms with van der Waals surface area (Å²) in [5.74, 6) is 0.498. The Balaban J connectivity index is 2.51. The first kappa shape index (κ1) is 15.8. The van der Waals surface area contributed by atoms with Crippen LogP contribution >= 0.6 is 7.82 Å². The Bertz CT molecular complexity index is 675. The van der Waals surface area contributed by atoms with E-state index in [0.717, 1.165) is 18.4 Å². The van der Waals surface area contributed by atoms with Gasteiger partial charge in [0.1, 0.15) is 11.5 Å². The lowest BCUT2D eigenvalue weighted by Crippen LogP contribution is -1.98. The average Bonchev–Trinajstić information content (AvgIpc) is 2.50. The highest BCUT2D eigenvalue weighted by Gasteiger charge is 2.25. The fourth-order valence-electron chi connectivity index (χ4n) is 2.15. The number of rotatable bonds is 6. The van der Waals surface area contributed by atoms with E-state index in [1.54, 1.807) is 6.07 Å². The number of hydrogen-bond acceptors (Lipinski definition) is 5. The standard InChI is InChI=1S/C15H19O5P/c1-4-5-11-6-7-12-13(10-11)14(16)8-9-15(12)20-21(17,18-2)19-3/h6-10,16H,4-5H2,1-3H3. The van der Waals surface area contributed by atoms with Crippen LogP contribution in [0.15, 0.2) is 30.3 Å². The molecule has 21 heavy (non-hydrogen) atoms. The predicted molar refractivity (Wildman–Crippen MR) is 81.9 cm³/mol. The van der Waals surface area contributed by atoms with E-state index in [1.165, 1.54) is 20.3 Å². The Morgan fingerprint density at radius 1 is 1.10 bits per heavy atom. The van der Waals surface area contributed by atoms with Crippen molar-refractivity contribution >= 4 is 18.6 Å². The van der Waals surface area contributed by atoms with Crippen LogP contribution < -0.4 is 4.52 Å². The van der Waals surface area contributed by atoms with Crippen LogP contribution in [0.4, 0.5) is 0 Å². The maximum absolute atomic E-state index is 12.1. The second-order valence-electron chi connectivity index (χ2n) is 4.62. The molecule has 0 unspecified atom stereocenters. The minimum Gasteiger partial charge on any atom is -0.507 e. The van der Waals surface area contributed by atoms with Crippen LogP contribution in [0.3, 0.4) is 0 Å². The van der Waals surface area contributed by atoms with Crippen molar-refractivity contribution in [3.63, 3.8) is 0 Å². The lowest BCUT2D eigenvalue weighted by molar-refractivity contribution is 0.212. The highest BCUT2D eigenvalue weighted by atomic mass is 31.2. The Morgan fingerprint density at radius 3 is 2.43 bits per heavy atom. The lowest BCUT2D eigenvalue weighted by Gasteiger charge is -2.16. The number of phosphoric ester groups is 1. The summed E-state index contributed by atoms with van der Waals surface area (Å²) in [6.45, 7) is 2.09. The smallest absolute Gasteiger partial charge is 0.507 e. The molecule has 0 aromatic heterocycles. The Hall–Kier alpha value is -1.55. The normalized spacial score (nSPS) is 11.8. The van der Waals surface area contributed by atoms with E-state index in [4.69, 9.17) is 13.6 Å². The highest BCUT2D eigenvalue weighted by molar-refractivity contribution is 7.48. The molecular formula is C15H19O5P. The van der Waals surface area contributed by atoms with Crippen molar-refractivity contribution in [3.05, 3.63) is 35.9 Å². The number of benzene rings is 2. The van der Waals surface area contributed by atoms with Gasteiger partial charge in [-0.2, -0.15) is 0 Å². The van der Waals surface area contributed by atoms with Gasteiger partial charge in [-0.1, -0.05) is 25.5 Å². The molecule has 0 saturated carbocycles. The average molecular weight is 310 g/mol. The van der Waals surface area contributed by atoms with Crippen LogP contribution in [-0.4, -0.2) is 19.3 Å². The predicted octanol–water partition coefficient (Wildman–Crippen LogP) is 4.28. The third-order valence-corrected chi connectivity index (χ3v) is 4.53. The van der Waals surface area contributed by atoms with Crippen LogP contribution in [0.25, 0.3) is 10.8 Å². The van der Waals surface area contributed by atoms with E-state index >= 15 is 0 Å². The fourth-order valence-corrected chi connectivity index (χ4v) is 2.84. The van der Waals surface area contributed by atoms with Crippen LogP contribution in [0.5, 0.6) is 11.5 Å². The molecule has 0 amide bonds.